The zero-order valence-corrected chi connectivity index (χ0v) is 16.6. The lowest BCUT2D eigenvalue weighted by Crippen LogP contribution is -2.11. The number of nitrogens with zero attached hydrogens (tertiary/aromatic N) is 1. The minimum absolute atomic E-state index is 0.160. The van der Waals surface area contributed by atoms with Crippen LogP contribution in [0.4, 0.5) is 0 Å². The van der Waals surface area contributed by atoms with Crippen LogP contribution in [0.25, 0.3) is 10.9 Å². The van der Waals surface area contributed by atoms with E-state index in [9.17, 15) is 13.2 Å². The fraction of sp³-hybridized carbons (Fsp3) is 0.0870. The standard InChI is InChI=1S/C23H19NO4S/c1-17-10-12-20(13-11-17)29(26,27)24-14-19(15-25)23-21(24)8-5-9-22(23)28-16-18-6-3-2-4-7-18/h2-15H,16H2,1H3. The van der Waals surface area contributed by atoms with E-state index in [0.717, 1.165) is 15.1 Å². The largest absolute Gasteiger partial charge is 0.488 e. The monoisotopic (exact) mass is 405 g/mol. The van der Waals surface area contributed by atoms with Crippen LogP contribution in [0.15, 0.2) is 83.9 Å². The maximum absolute atomic E-state index is 13.2. The zero-order chi connectivity index (χ0) is 20.4. The van der Waals surface area contributed by atoms with Gasteiger partial charge in [-0.05, 0) is 36.8 Å². The first-order valence-corrected chi connectivity index (χ1v) is 10.5. The van der Waals surface area contributed by atoms with Gasteiger partial charge in [0.2, 0.25) is 0 Å². The highest BCUT2D eigenvalue weighted by Gasteiger charge is 2.23. The molecule has 0 aliphatic carbocycles. The summed E-state index contributed by atoms with van der Waals surface area (Å²) >= 11 is 0. The Balaban J connectivity index is 1.81. The van der Waals surface area contributed by atoms with Gasteiger partial charge in [0.1, 0.15) is 12.4 Å². The van der Waals surface area contributed by atoms with Gasteiger partial charge >= 0.3 is 0 Å². The number of aromatic nitrogens is 1. The van der Waals surface area contributed by atoms with E-state index in [2.05, 4.69) is 0 Å². The molecule has 0 aliphatic heterocycles. The van der Waals surface area contributed by atoms with Gasteiger partial charge in [-0.3, -0.25) is 4.79 Å². The zero-order valence-electron chi connectivity index (χ0n) is 15.8. The highest BCUT2D eigenvalue weighted by molar-refractivity contribution is 7.90. The van der Waals surface area contributed by atoms with Gasteiger partial charge in [0.15, 0.2) is 6.29 Å². The minimum atomic E-state index is -3.85. The van der Waals surface area contributed by atoms with Crippen molar-refractivity contribution in [2.45, 2.75) is 18.4 Å². The molecule has 4 rings (SSSR count). The Kier molecular flexibility index (Phi) is 4.94. The molecule has 1 aromatic heterocycles. The molecule has 29 heavy (non-hydrogen) atoms. The lowest BCUT2D eigenvalue weighted by atomic mass is 10.1. The number of hydrogen-bond donors (Lipinski definition) is 0. The summed E-state index contributed by atoms with van der Waals surface area (Å²) in [5, 5.41) is 0.481. The first-order chi connectivity index (χ1) is 14.0. The number of carbonyl (C=O) groups is 1. The average Bonchev–Trinajstić information content (AvgIpc) is 3.14. The molecule has 0 amide bonds. The second-order valence-corrected chi connectivity index (χ2v) is 8.56. The van der Waals surface area contributed by atoms with Gasteiger partial charge in [0.05, 0.1) is 15.8 Å². The van der Waals surface area contributed by atoms with Crippen molar-refractivity contribution >= 4 is 27.2 Å². The van der Waals surface area contributed by atoms with E-state index in [1.54, 1.807) is 42.5 Å². The Hall–Kier alpha value is -3.38. The molecule has 146 valence electrons. The molecule has 0 radical (unpaired) electrons. The number of aldehydes is 1. The smallest absolute Gasteiger partial charge is 0.268 e. The van der Waals surface area contributed by atoms with Crippen molar-refractivity contribution in [3.63, 3.8) is 0 Å². The molecule has 5 nitrogen and oxygen atoms in total. The molecule has 0 saturated carbocycles. The van der Waals surface area contributed by atoms with Crippen LogP contribution in [0.1, 0.15) is 21.5 Å². The molecule has 4 aromatic rings. The molecule has 0 fully saturated rings. The van der Waals surface area contributed by atoms with Gasteiger partial charge in [-0.15, -0.1) is 0 Å². The maximum atomic E-state index is 13.2. The summed E-state index contributed by atoms with van der Waals surface area (Å²) in [5.41, 5.74) is 2.60. The van der Waals surface area contributed by atoms with Gasteiger partial charge in [-0.1, -0.05) is 54.1 Å². The molecular weight excluding hydrogens is 386 g/mol. The van der Waals surface area contributed by atoms with E-state index in [1.165, 1.54) is 6.20 Å². The van der Waals surface area contributed by atoms with Crippen molar-refractivity contribution in [3.8, 4) is 5.75 Å². The summed E-state index contributed by atoms with van der Waals surface area (Å²) in [6.07, 6.45) is 2.00. The SMILES string of the molecule is Cc1ccc(S(=O)(=O)n2cc(C=O)c3c(OCc4ccccc4)cccc32)cc1. The molecule has 0 spiro atoms. The van der Waals surface area contributed by atoms with Crippen molar-refractivity contribution < 1.29 is 17.9 Å². The molecule has 3 aromatic carbocycles. The first-order valence-electron chi connectivity index (χ1n) is 9.09. The summed E-state index contributed by atoms with van der Waals surface area (Å²) in [6, 6.07) is 21.4. The van der Waals surface area contributed by atoms with Crippen LogP contribution in [-0.2, 0) is 16.6 Å². The van der Waals surface area contributed by atoms with Gasteiger partial charge in [-0.25, -0.2) is 12.4 Å². The Morgan fingerprint density at radius 3 is 2.34 bits per heavy atom. The predicted molar refractivity (Wildman–Crippen MR) is 112 cm³/mol. The van der Waals surface area contributed by atoms with Gasteiger partial charge < -0.3 is 4.74 Å². The van der Waals surface area contributed by atoms with Crippen LogP contribution in [0.2, 0.25) is 0 Å². The molecule has 1 heterocycles. The summed E-state index contributed by atoms with van der Waals surface area (Å²) in [6.45, 7) is 2.20. The number of fused-ring (bicyclic) bond motifs is 1. The number of benzene rings is 3. The quantitative estimate of drug-likeness (QED) is 0.441. The van der Waals surface area contributed by atoms with E-state index >= 15 is 0 Å². The number of aryl methyl sites for hydroxylation is 1. The number of rotatable bonds is 6. The Morgan fingerprint density at radius 1 is 0.931 bits per heavy atom. The molecule has 0 N–H and O–H groups in total. The van der Waals surface area contributed by atoms with Gasteiger partial charge in [-0.2, -0.15) is 0 Å². The summed E-state index contributed by atoms with van der Waals surface area (Å²) in [4.78, 5) is 11.9. The molecule has 0 bridgehead atoms. The van der Waals surface area contributed by atoms with E-state index in [0.29, 0.717) is 29.5 Å². The molecule has 0 aliphatic rings. The molecular formula is C23H19NO4S. The average molecular weight is 405 g/mol. The van der Waals surface area contributed by atoms with Crippen molar-refractivity contribution in [2.24, 2.45) is 0 Å². The molecule has 0 unspecified atom stereocenters. The summed E-state index contributed by atoms with van der Waals surface area (Å²) in [5.74, 6) is 0.464. The van der Waals surface area contributed by atoms with Crippen molar-refractivity contribution in [3.05, 3.63) is 95.7 Å². The minimum Gasteiger partial charge on any atom is -0.488 e. The number of carbonyl (C=O) groups excluding carboxylic acids is 1. The lowest BCUT2D eigenvalue weighted by Gasteiger charge is -2.10. The predicted octanol–water partition coefficient (Wildman–Crippen LogP) is 4.58. The van der Waals surface area contributed by atoms with Crippen molar-refractivity contribution in [1.82, 2.24) is 3.97 Å². The highest BCUT2D eigenvalue weighted by atomic mass is 32.2. The third kappa shape index (κ3) is 3.54. The fourth-order valence-corrected chi connectivity index (χ4v) is 4.59. The van der Waals surface area contributed by atoms with Crippen LogP contribution in [0.3, 0.4) is 0 Å². The molecule has 0 saturated heterocycles. The molecule has 6 heteroatoms. The fourth-order valence-electron chi connectivity index (χ4n) is 3.22. The highest BCUT2D eigenvalue weighted by Crippen LogP contribution is 2.33. The van der Waals surface area contributed by atoms with E-state index in [1.807, 2.05) is 37.3 Å². The van der Waals surface area contributed by atoms with E-state index in [4.69, 9.17) is 4.74 Å². The van der Waals surface area contributed by atoms with Crippen LogP contribution in [0, 0.1) is 6.92 Å². The van der Waals surface area contributed by atoms with Crippen LogP contribution in [-0.4, -0.2) is 18.7 Å². The van der Waals surface area contributed by atoms with E-state index < -0.39 is 10.0 Å². The molecule has 0 atom stereocenters. The van der Waals surface area contributed by atoms with Crippen molar-refractivity contribution in [1.29, 1.82) is 0 Å². The summed E-state index contributed by atoms with van der Waals surface area (Å²) in [7, 11) is -3.85. The maximum Gasteiger partial charge on any atom is 0.268 e. The lowest BCUT2D eigenvalue weighted by molar-refractivity contribution is 0.112. The van der Waals surface area contributed by atoms with Gasteiger partial charge in [0, 0.05) is 11.8 Å². The van der Waals surface area contributed by atoms with Crippen LogP contribution < -0.4 is 4.74 Å². The Bertz CT molecular complexity index is 1270. The number of ether oxygens (including phenoxy) is 1. The second-order valence-electron chi connectivity index (χ2n) is 6.74. The second kappa shape index (κ2) is 7.56. The third-order valence-corrected chi connectivity index (χ3v) is 6.42. The van der Waals surface area contributed by atoms with Crippen LogP contribution in [0.5, 0.6) is 5.75 Å². The first kappa shape index (κ1) is 19.0. The van der Waals surface area contributed by atoms with Crippen LogP contribution >= 0.6 is 0 Å². The van der Waals surface area contributed by atoms with E-state index in [-0.39, 0.29) is 10.5 Å². The number of hydrogen-bond acceptors (Lipinski definition) is 4. The Morgan fingerprint density at radius 2 is 1.66 bits per heavy atom. The van der Waals surface area contributed by atoms with Gasteiger partial charge in [0.25, 0.3) is 10.0 Å². The van der Waals surface area contributed by atoms with Crippen molar-refractivity contribution in [2.75, 3.05) is 0 Å². The Labute approximate surface area is 169 Å². The summed E-state index contributed by atoms with van der Waals surface area (Å²) < 4.78 is 33.4. The normalized spacial score (nSPS) is 11.5. The third-order valence-electron chi connectivity index (χ3n) is 4.73. The topological polar surface area (TPSA) is 65.4 Å².